The van der Waals surface area contributed by atoms with Crippen LogP contribution in [0.3, 0.4) is 0 Å². The predicted molar refractivity (Wildman–Crippen MR) is 68.4 cm³/mol. The van der Waals surface area contributed by atoms with Gasteiger partial charge in [-0.15, -0.1) is 0 Å². The number of halogens is 1. The molecule has 1 aliphatic rings. The molecule has 18 heavy (non-hydrogen) atoms. The molecule has 2 heterocycles. The molecule has 0 radical (unpaired) electrons. The third-order valence-corrected chi connectivity index (χ3v) is 4.82. The predicted octanol–water partition coefficient (Wildman–Crippen LogP) is 1.04. The number of nitrogens with zero attached hydrogens (tertiary/aromatic N) is 1. The summed E-state index contributed by atoms with van der Waals surface area (Å²) >= 11 is 5.63. The van der Waals surface area contributed by atoms with Gasteiger partial charge in [-0.3, -0.25) is 4.79 Å². The summed E-state index contributed by atoms with van der Waals surface area (Å²) in [5.74, 6) is 0.0247. The quantitative estimate of drug-likeness (QED) is 0.825. The number of carbonyl (C=O) groups excluding carboxylic acids is 1. The van der Waals surface area contributed by atoms with E-state index in [1.165, 1.54) is 6.20 Å². The first-order chi connectivity index (χ1) is 8.46. The lowest BCUT2D eigenvalue weighted by atomic mass is 10.1. The number of hydrogen-bond donors (Lipinski definition) is 1. The highest BCUT2D eigenvalue weighted by molar-refractivity contribution is 7.91. The number of rotatable bonds is 2. The van der Waals surface area contributed by atoms with E-state index in [1.54, 1.807) is 12.1 Å². The number of amides is 1. The van der Waals surface area contributed by atoms with Gasteiger partial charge in [0.2, 0.25) is 0 Å². The van der Waals surface area contributed by atoms with E-state index in [-0.39, 0.29) is 23.5 Å². The Hall–Kier alpha value is -1.14. The van der Waals surface area contributed by atoms with Crippen molar-refractivity contribution in [3.8, 4) is 0 Å². The van der Waals surface area contributed by atoms with Crippen molar-refractivity contribution in [2.75, 3.05) is 11.5 Å². The summed E-state index contributed by atoms with van der Waals surface area (Å²) in [5, 5.41) is 3.13. The van der Waals surface area contributed by atoms with E-state index in [9.17, 15) is 13.2 Å². The van der Waals surface area contributed by atoms with Crippen LogP contribution >= 0.6 is 11.6 Å². The van der Waals surface area contributed by atoms with Gasteiger partial charge in [0.15, 0.2) is 0 Å². The second kappa shape index (κ2) is 5.24. The molecule has 0 atom stereocenters. The molecule has 7 heteroatoms. The fourth-order valence-electron chi connectivity index (χ4n) is 1.81. The molecular weight excluding hydrogens is 276 g/mol. The largest absolute Gasteiger partial charge is 0.349 e. The average molecular weight is 289 g/mol. The van der Waals surface area contributed by atoms with Gasteiger partial charge in [-0.2, -0.15) is 0 Å². The van der Waals surface area contributed by atoms with Crippen LogP contribution in [-0.4, -0.2) is 36.9 Å². The molecule has 1 amide bonds. The van der Waals surface area contributed by atoms with Gasteiger partial charge in [-0.25, -0.2) is 13.4 Å². The highest BCUT2D eigenvalue weighted by Gasteiger charge is 2.24. The zero-order valence-corrected chi connectivity index (χ0v) is 11.2. The molecule has 98 valence electrons. The van der Waals surface area contributed by atoms with Crippen molar-refractivity contribution in [2.24, 2.45) is 0 Å². The van der Waals surface area contributed by atoms with Gasteiger partial charge >= 0.3 is 0 Å². The highest BCUT2D eigenvalue weighted by atomic mass is 35.5. The summed E-state index contributed by atoms with van der Waals surface area (Å²) in [6, 6.07) is 3.04. The molecule has 0 bridgehead atoms. The van der Waals surface area contributed by atoms with Crippen molar-refractivity contribution < 1.29 is 13.2 Å². The first-order valence-corrected chi connectivity index (χ1v) is 7.79. The van der Waals surface area contributed by atoms with Crippen molar-refractivity contribution in [2.45, 2.75) is 18.9 Å². The molecule has 0 aromatic carbocycles. The van der Waals surface area contributed by atoms with Gasteiger partial charge in [0.1, 0.15) is 15.0 Å². The summed E-state index contributed by atoms with van der Waals surface area (Å²) in [5.41, 5.74) is 0.424. The van der Waals surface area contributed by atoms with Crippen LogP contribution in [0.15, 0.2) is 18.3 Å². The van der Waals surface area contributed by atoms with E-state index in [1.807, 2.05) is 0 Å². The number of hydrogen-bond acceptors (Lipinski definition) is 4. The second-order valence-corrected chi connectivity index (χ2v) is 6.96. The molecule has 0 saturated carbocycles. The van der Waals surface area contributed by atoms with Crippen molar-refractivity contribution in [1.82, 2.24) is 10.3 Å². The fraction of sp³-hybridized carbons (Fsp3) is 0.455. The summed E-state index contributed by atoms with van der Waals surface area (Å²) in [7, 11) is -2.90. The zero-order chi connectivity index (χ0) is 13.2. The van der Waals surface area contributed by atoms with Crippen LogP contribution in [0.4, 0.5) is 0 Å². The molecule has 0 spiro atoms. The van der Waals surface area contributed by atoms with E-state index in [0.29, 0.717) is 23.6 Å². The molecule has 1 saturated heterocycles. The molecule has 1 aromatic rings. The molecule has 0 aliphatic carbocycles. The molecule has 0 unspecified atom stereocenters. The lowest BCUT2D eigenvalue weighted by Gasteiger charge is -2.22. The van der Waals surface area contributed by atoms with Crippen LogP contribution < -0.4 is 5.32 Å². The maximum Gasteiger partial charge on any atom is 0.253 e. The van der Waals surface area contributed by atoms with Gasteiger partial charge in [0.05, 0.1) is 17.1 Å². The van der Waals surface area contributed by atoms with Gasteiger partial charge < -0.3 is 5.32 Å². The van der Waals surface area contributed by atoms with Crippen LogP contribution in [0.25, 0.3) is 0 Å². The number of carbonyl (C=O) groups is 1. The molecule has 1 N–H and O–H groups in total. The highest BCUT2D eigenvalue weighted by Crippen LogP contribution is 2.13. The Balaban J connectivity index is 1.94. The van der Waals surface area contributed by atoms with Crippen LogP contribution in [0.2, 0.25) is 5.15 Å². The number of sulfone groups is 1. The standard InChI is InChI=1S/C11H13ClN2O3S/c12-10-2-1-8(7-13-10)11(15)14-9-3-5-18(16,17)6-4-9/h1-2,7,9H,3-6H2,(H,14,15). The van der Waals surface area contributed by atoms with Gasteiger partial charge in [-0.05, 0) is 25.0 Å². The van der Waals surface area contributed by atoms with E-state index in [2.05, 4.69) is 10.3 Å². The average Bonchev–Trinajstić information content (AvgIpc) is 2.33. The first-order valence-electron chi connectivity index (χ1n) is 5.59. The number of aromatic nitrogens is 1. The Bertz CT molecular complexity index is 528. The smallest absolute Gasteiger partial charge is 0.253 e. The third-order valence-electron chi connectivity index (χ3n) is 2.88. The molecule has 1 aromatic heterocycles. The number of nitrogens with one attached hydrogen (secondary N) is 1. The minimum atomic E-state index is -2.90. The summed E-state index contributed by atoms with van der Waals surface area (Å²) in [4.78, 5) is 15.7. The van der Waals surface area contributed by atoms with Gasteiger partial charge in [0.25, 0.3) is 5.91 Å². The zero-order valence-electron chi connectivity index (χ0n) is 9.60. The monoisotopic (exact) mass is 288 g/mol. The van der Waals surface area contributed by atoms with E-state index < -0.39 is 9.84 Å². The maximum absolute atomic E-state index is 11.8. The van der Waals surface area contributed by atoms with Crippen molar-refractivity contribution >= 4 is 27.3 Å². The SMILES string of the molecule is O=C(NC1CCS(=O)(=O)CC1)c1ccc(Cl)nc1. The van der Waals surface area contributed by atoms with Crippen LogP contribution in [0.5, 0.6) is 0 Å². The summed E-state index contributed by atoms with van der Waals surface area (Å²) in [6.07, 6.45) is 2.33. The maximum atomic E-state index is 11.8. The second-order valence-electron chi connectivity index (χ2n) is 4.27. The van der Waals surface area contributed by atoms with Gasteiger partial charge in [-0.1, -0.05) is 11.6 Å². The molecular formula is C11H13ClN2O3S. The summed E-state index contributed by atoms with van der Waals surface area (Å²) < 4.78 is 22.5. The topological polar surface area (TPSA) is 76.1 Å². The minimum Gasteiger partial charge on any atom is -0.349 e. The Morgan fingerprint density at radius 1 is 1.33 bits per heavy atom. The van der Waals surface area contributed by atoms with E-state index in [0.717, 1.165) is 0 Å². The Kier molecular flexibility index (Phi) is 3.87. The van der Waals surface area contributed by atoms with E-state index >= 15 is 0 Å². The fourth-order valence-corrected chi connectivity index (χ4v) is 3.42. The van der Waals surface area contributed by atoms with Crippen molar-refractivity contribution in [3.05, 3.63) is 29.0 Å². The normalized spacial score (nSPS) is 19.4. The lowest BCUT2D eigenvalue weighted by molar-refractivity contribution is 0.0934. The molecule has 1 aliphatic heterocycles. The van der Waals surface area contributed by atoms with Crippen LogP contribution in [0, 0.1) is 0 Å². The number of pyridine rings is 1. The van der Waals surface area contributed by atoms with Crippen LogP contribution in [0.1, 0.15) is 23.2 Å². The Morgan fingerprint density at radius 2 is 2.00 bits per heavy atom. The molecule has 2 rings (SSSR count). The third kappa shape index (κ3) is 3.43. The Morgan fingerprint density at radius 3 is 2.56 bits per heavy atom. The molecule has 1 fully saturated rings. The lowest BCUT2D eigenvalue weighted by Crippen LogP contribution is -2.40. The van der Waals surface area contributed by atoms with Crippen molar-refractivity contribution in [3.63, 3.8) is 0 Å². The van der Waals surface area contributed by atoms with Crippen LogP contribution in [-0.2, 0) is 9.84 Å². The van der Waals surface area contributed by atoms with Crippen molar-refractivity contribution in [1.29, 1.82) is 0 Å². The minimum absolute atomic E-state index is 0.0864. The van der Waals surface area contributed by atoms with E-state index in [4.69, 9.17) is 11.6 Å². The Labute approximate surface area is 110 Å². The van der Waals surface area contributed by atoms with Gasteiger partial charge in [0, 0.05) is 12.2 Å². The summed E-state index contributed by atoms with van der Waals surface area (Å²) in [6.45, 7) is 0. The molecule has 5 nitrogen and oxygen atoms in total. The first kappa shape index (κ1) is 13.3.